The maximum atomic E-state index is 5.66. The lowest BCUT2D eigenvalue weighted by Gasteiger charge is -2.31. The minimum Gasteiger partial charge on any atom is -0.383 e. The van der Waals surface area contributed by atoms with Gasteiger partial charge in [-0.1, -0.05) is 0 Å². The van der Waals surface area contributed by atoms with Gasteiger partial charge in [0.25, 0.3) is 0 Å². The van der Waals surface area contributed by atoms with Gasteiger partial charge in [-0.25, -0.2) is 4.98 Å². The Hall–Kier alpha value is -0.880. The number of hydrogen-bond acceptors (Lipinski definition) is 5. The first-order chi connectivity index (χ1) is 7.15. The second-order valence-electron chi connectivity index (χ2n) is 3.54. The van der Waals surface area contributed by atoms with Crippen LogP contribution in [0.5, 0.6) is 0 Å². The quantitative estimate of drug-likeness (QED) is 0.775. The van der Waals surface area contributed by atoms with Gasteiger partial charge in [0.05, 0.1) is 12.7 Å². The predicted octanol–water partition coefficient (Wildman–Crippen LogP) is 1.05. The van der Waals surface area contributed by atoms with Crippen molar-refractivity contribution in [2.24, 2.45) is 0 Å². The van der Waals surface area contributed by atoms with E-state index in [1.165, 1.54) is 0 Å². The van der Waals surface area contributed by atoms with Crippen molar-refractivity contribution >= 4 is 27.7 Å². The standard InChI is InChI=1S/C9H13BrN4O/c1-6-5-14(2-3-15-6)9-12-7(10)4-8(11)13-9/h4,6H,2-3,5H2,1H3,(H2,11,12,13). The molecular formula is C9H13BrN4O. The summed E-state index contributed by atoms with van der Waals surface area (Å²) >= 11 is 3.31. The van der Waals surface area contributed by atoms with Crippen LogP contribution in [0.1, 0.15) is 6.92 Å². The number of nitrogens with zero attached hydrogens (tertiary/aromatic N) is 3. The average Bonchev–Trinajstić information content (AvgIpc) is 2.16. The lowest BCUT2D eigenvalue weighted by Crippen LogP contribution is -2.42. The lowest BCUT2D eigenvalue weighted by molar-refractivity contribution is 0.0526. The van der Waals surface area contributed by atoms with Crippen LogP contribution < -0.4 is 10.6 Å². The van der Waals surface area contributed by atoms with Crippen molar-refractivity contribution in [1.82, 2.24) is 9.97 Å². The highest BCUT2D eigenvalue weighted by atomic mass is 79.9. The first-order valence-electron chi connectivity index (χ1n) is 4.82. The highest BCUT2D eigenvalue weighted by Crippen LogP contribution is 2.17. The van der Waals surface area contributed by atoms with Crippen LogP contribution >= 0.6 is 15.9 Å². The molecule has 0 saturated carbocycles. The summed E-state index contributed by atoms with van der Waals surface area (Å²) in [6.45, 7) is 4.35. The van der Waals surface area contributed by atoms with Gasteiger partial charge in [0.15, 0.2) is 0 Å². The summed E-state index contributed by atoms with van der Waals surface area (Å²) in [5, 5.41) is 0. The number of ether oxygens (including phenoxy) is 1. The zero-order chi connectivity index (χ0) is 10.8. The molecule has 0 spiro atoms. The maximum absolute atomic E-state index is 5.66. The third-order valence-electron chi connectivity index (χ3n) is 2.23. The Labute approximate surface area is 96.8 Å². The molecule has 1 atom stereocenters. The van der Waals surface area contributed by atoms with Crippen molar-refractivity contribution < 1.29 is 4.74 Å². The Balaban J connectivity index is 2.20. The van der Waals surface area contributed by atoms with Gasteiger partial charge >= 0.3 is 0 Å². The Morgan fingerprint density at radius 3 is 3.07 bits per heavy atom. The first-order valence-corrected chi connectivity index (χ1v) is 5.61. The van der Waals surface area contributed by atoms with E-state index < -0.39 is 0 Å². The number of hydrogen-bond donors (Lipinski definition) is 1. The minimum absolute atomic E-state index is 0.211. The van der Waals surface area contributed by atoms with Gasteiger partial charge in [0.1, 0.15) is 10.4 Å². The highest BCUT2D eigenvalue weighted by molar-refractivity contribution is 9.10. The van der Waals surface area contributed by atoms with Crippen molar-refractivity contribution in [3.05, 3.63) is 10.7 Å². The molecule has 0 bridgehead atoms. The molecule has 1 unspecified atom stereocenters. The zero-order valence-electron chi connectivity index (χ0n) is 8.48. The average molecular weight is 273 g/mol. The normalized spacial score (nSPS) is 21.7. The highest BCUT2D eigenvalue weighted by Gasteiger charge is 2.19. The van der Waals surface area contributed by atoms with E-state index in [2.05, 4.69) is 30.8 Å². The molecule has 6 heteroatoms. The predicted molar refractivity (Wildman–Crippen MR) is 61.8 cm³/mol. The second kappa shape index (κ2) is 4.32. The van der Waals surface area contributed by atoms with E-state index in [-0.39, 0.29) is 6.10 Å². The van der Waals surface area contributed by atoms with E-state index in [1.807, 2.05) is 6.92 Å². The van der Waals surface area contributed by atoms with Crippen molar-refractivity contribution in [2.45, 2.75) is 13.0 Å². The number of rotatable bonds is 1. The molecule has 82 valence electrons. The number of nitrogens with two attached hydrogens (primary N) is 1. The lowest BCUT2D eigenvalue weighted by atomic mass is 10.3. The van der Waals surface area contributed by atoms with Crippen molar-refractivity contribution in [3.63, 3.8) is 0 Å². The fraction of sp³-hybridized carbons (Fsp3) is 0.556. The summed E-state index contributed by atoms with van der Waals surface area (Å²) in [5.41, 5.74) is 5.66. The Morgan fingerprint density at radius 1 is 1.60 bits per heavy atom. The van der Waals surface area contributed by atoms with E-state index in [9.17, 15) is 0 Å². The number of halogens is 1. The molecule has 1 saturated heterocycles. The minimum atomic E-state index is 0.211. The van der Waals surface area contributed by atoms with Gasteiger partial charge in [0, 0.05) is 19.2 Å². The fourth-order valence-electron chi connectivity index (χ4n) is 1.56. The molecule has 15 heavy (non-hydrogen) atoms. The Bertz CT molecular complexity index is 340. The monoisotopic (exact) mass is 272 g/mol. The summed E-state index contributed by atoms with van der Waals surface area (Å²) in [7, 11) is 0. The summed E-state index contributed by atoms with van der Waals surface area (Å²) in [4.78, 5) is 10.6. The van der Waals surface area contributed by atoms with Crippen LogP contribution in [0.4, 0.5) is 11.8 Å². The molecule has 2 N–H and O–H groups in total. The summed E-state index contributed by atoms with van der Waals surface area (Å²) < 4.78 is 6.16. The summed E-state index contributed by atoms with van der Waals surface area (Å²) in [5.74, 6) is 1.14. The third-order valence-corrected chi connectivity index (χ3v) is 2.63. The van der Waals surface area contributed by atoms with Crippen molar-refractivity contribution in [2.75, 3.05) is 30.3 Å². The third kappa shape index (κ3) is 2.57. The van der Waals surface area contributed by atoms with Crippen LogP contribution in [-0.2, 0) is 4.74 Å². The van der Waals surface area contributed by atoms with E-state index in [4.69, 9.17) is 10.5 Å². The molecule has 0 radical (unpaired) electrons. The topological polar surface area (TPSA) is 64.3 Å². The molecule has 0 aliphatic carbocycles. The fourth-order valence-corrected chi connectivity index (χ4v) is 1.96. The summed E-state index contributed by atoms with van der Waals surface area (Å²) in [6.07, 6.45) is 0.211. The SMILES string of the molecule is CC1CN(c2nc(N)cc(Br)n2)CCO1. The van der Waals surface area contributed by atoms with Crippen molar-refractivity contribution in [3.8, 4) is 0 Å². The van der Waals surface area contributed by atoms with Gasteiger partial charge < -0.3 is 15.4 Å². The molecule has 2 heterocycles. The number of aromatic nitrogens is 2. The van der Waals surface area contributed by atoms with Crippen LogP contribution in [0.25, 0.3) is 0 Å². The van der Waals surface area contributed by atoms with E-state index in [0.29, 0.717) is 23.0 Å². The summed E-state index contributed by atoms with van der Waals surface area (Å²) in [6, 6.07) is 1.69. The van der Waals surface area contributed by atoms with E-state index in [1.54, 1.807) is 6.07 Å². The van der Waals surface area contributed by atoms with Crippen LogP contribution in [0.15, 0.2) is 10.7 Å². The number of anilines is 2. The van der Waals surface area contributed by atoms with Crippen LogP contribution in [0.3, 0.4) is 0 Å². The molecule has 1 aliphatic heterocycles. The second-order valence-corrected chi connectivity index (χ2v) is 4.36. The molecule has 5 nitrogen and oxygen atoms in total. The Morgan fingerprint density at radius 2 is 2.40 bits per heavy atom. The largest absolute Gasteiger partial charge is 0.383 e. The van der Waals surface area contributed by atoms with Crippen LogP contribution in [0.2, 0.25) is 0 Å². The first kappa shape index (κ1) is 10.6. The van der Waals surface area contributed by atoms with Crippen LogP contribution in [0, 0.1) is 0 Å². The van der Waals surface area contributed by atoms with Crippen molar-refractivity contribution in [1.29, 1.82) is 0 Å². The molecule has 0 amide bonds. The van der Waals surface area contributed by atoms with E-state index in [0.717, 1.165) is 13.1 Å². The van der Waals surface area contributed by atoms with Gasteiger partial charge in [-0.3, -0.25) is 0 Å². The maximum Gasteiger partial charge on any atom is 0.228 e. The molecule has 2 rings (SSSR count). The Kier molecular flexibility index (Phi) is 3.06. The van der Waals surface area contributed by atoms with Gasteiger partial charge in [0.2, 0.25) is 5.95 Å². The molecule has 0 aromatic carbocycles. The molecule has 1 aromatic heterocycles. The number of nitrogen functional groups attached to an aromatic ring is 1. The molecular weight excluding hydrogens is 260 g/mol. The number of morpholine rings is 1. The molecule has 1 aliphatic rings. The molecule has 1 aromatic rings. The van der Waals surface area contributed by atoms with Crippen LogP contribution in [-0.4, -0.2) is 35.8 Å². The smallest absolute Gasteiger partial charge is 0.228 e. The van der Waals surface area contributed by atoms with E-state index >= 15 is 0 Å². The zero-order valence-corrected chi connectivity index (χ0v) is 10.1. The molecule has 1 fully saturated rings. The van der Waals surface area contributed by atoms with Gasteiger partial charge in [-0.05, 0) is 22.9 Å². The van der Waals surface area contributed by atoms with Gasteiger partial charge in [-0.15, -0.1) is 0 Å². The van der Waals surface area contributed by atoms with Gasteiger partial charge in [-0.2, -0.15) is 4.98 Å².